The van der Waals surface area contributed by atoms with Crippen LogP contribution in [0.4, 0.5) is 0 Å². The van der Waals surface area contributed by atoms with Crippen LogP contribution in [0, 0.1) is 0 Å². The van der Waals surface area contributed by atoms with E-state index in [0.29, 0.717) is 38.9 Å². The number of rotatable bonds is 9. The van der Waals surface area contributed by atoms with Gasteiger partial charge in [-0.05, 0) is 51.3 Å². The molecule has 0 unspecified atom stereocenters. The number of amides is 1. The molecule has 160 valence electrons. The van der Waals surface area contributed by atoms with Gasteiger partial charge in [-0.3, -0.25) is 4.79 Å². The van der Waals surface area contributed by atoms with Crippen molar-refractivity contribution in [3.63, 3.8) is 0 Å². The summed E-state index contributed by atoms with van der Waals surface area (Å²) in [5, 5.41) is 4.40. The number of carbonyl (C=O) groups excluding carboxylic acids is 1. The minimum atomic E-state index is -0.412. The summed E-state index contributed by atoms with van der Waals surface area (Å²) >= 11 is 9.50. The lowest BCUT2D eigenvalue weighted by molar-refractivity contribution is -0.123. The van der Waals surface area contributed by atoms with Crippen molar-refractivity contribution < 1.29 is 19.0 Å². The molecular weight excluding hydrogens is 484 g/mol. The molecule has 0 spiro atoms. The minimum Gasteiger partial charge on any atom is -0.493 e. The summed E-state index contributed by atoms with van der Waals surface area (Å²) in [4.78, 5) is 11.9. The molecule has 3 aromatic carbocycles. The Hall–Kier alpha value is -3.03. The van der Waals surface area contributed by atoms with Crippen molar-refractivity contribution in [1.82, 2.24) is 5.43 Å². The topological polar surface area (TPSA) is 69.2 Å². The molecule has 0 radical (unpaired) electrons. The summed E-state index contributed by atoms with van der Waals surface area (Å²) in [5.74, 6) is 1.15. The number of nitrogens with one attached hydrogen (secondary N) is 1. The molecule has 0 atom stereocenters. The van der Waals surface area contributed by atoms with Gasteiger partial charge in [-0.15, -0.1) is 0 Å². The fraction of sp³-hybridized carbons (Fsp3) is 0.130. The number of halogens is 2. The summed E-state index contributed by atoms with van der Waals surface area (Å²) in [6.45, 7) is 0.199. The molecule has 8 heteroatoms. The van der Waals surface area contributed by atoms with E-state index in [9.17, 15) is 4.79 Å². The third-order valence-electron chi connectivity index (χ3n) is 4.08. The number of carbonyl (C=O) groups is 1. The van der Waals surface area contributed by atoms with Crippen LogP contribution >= 0.6 is 27.5 Å². The summed E-state index contributed by atoms with van der Waals surface area (Å²) in [5.41, 5.74) is 4.17. The van der Waals surface area contributed by atoms with Gasteiger partial charge in [0.25, 0.3) is 5.91 Å². The Morgan fingerprint density at radius 3 is 2.55 bits per heavy atom. The molecule has 0 aromatic heterocycles. The van der Waals surface area contributed by atoms with E-state index in [1.165, 1.54) is 6.21 Å². The average Bonchev–Trinajstić information content (AvgIpc) is 2.78. The van der Waals surface area contributed by atoms with Gasteiger partial charge >= 0.3 is 0 Å². The molecule has 0 saturated carbocycles. The first-order valence-electron chi connectivity index (χ1n) is 9.30. The van der Waals surface area contributed by atoms with Gasteiger partial charge in [-0.2, -0.15) is 5.10 Å². The van der Waals surface area contributed by atoms with Crippen molar-refractivity contribution in [2.75, 3.05) is 13.7 Å². The summed E-state index contributed by atoms with van der Waals surface area (Å²) in [6.07, 6.45) is 1.50. The van der Waals surface area contributed by atoms with Crippen LogP contribution in [-0.4, -0.2) is 25.8 Å². The molecule has 3 aromatic rings. The number of ether oxygens (including phenoxy) is 3. The smallest absolute Gasteiger partial charge is 0.277 e. The largest absolute Gasteiger partial charge is 0.493 e. The zero-order valence-electron chi connectivity index (χ0n) is 16.7. The number of hydrogen-bond acceptors (Lipinski definition) is 5. The highest BCUT2D eigenvalue weighted by molar-refractivity contribution is 9.10. The lowest BCUT2D eigenvalue weighted by atomic mass is 10.2. The number of methoxy groups -OCH3 is 1. The molecule has 31 heavy (non-hydrogen) atoms. The van der Waals surface area contributed by atoms with Gasteiger partial charge in [0, 0.05) is 0 Å². The predicted molar refractivity (Wildman–Crippen MR) is 124 cm³/mol. The van der Waals surface area contributed by atoms with Crippen molar-refractivity contribution in [2.45, 2.75) is 6.61 Å². The van der Waals surface area contributed by atoms with Crippen molar-refractivity contribution in [3.8, 4) is 17.2 Å². The van der Waals surface area contributed by atoms with Gasteiger partial charge in [0.1, 0.15) is 12.4 Å². The zero-order chi connectivity index (χ0) is 22.1. The lowest BCUT2D eigenvalue weighted by Gasteiger charge is -2.13. The Morgan fingerprint density at radius 2 is 1.81 bits per heavy atom. The Balaban J connectivity index is 1.58. The second kappa shape index (κ2) is 11.4. The fourth-order valence-corrected chi connectivity index (χ4v) is 3.36. The summed E-state index contributed by atoms with van der Waals surface area (Å²) in [7, 11) is 1.56. The molecule has 0 aliphatic carbocycles. The van der Waals surface area contributed by atoms with Crippen LogP contribution in [0.1, 0.15) is 11.1 Å². The maximum absolute atomic E-state index is 11.9. The Kier molecular flexibility index (Phi) is 8.32. The second-order valence-corrected chi connectivity index (χ2v) is 7.58. The summed E-state index contributed by atoms with van der Waals surface area (Å²) < 4.78 is 17.4. The number of nitrogens with zero attached hydrogens (tertiary/aromatic N) is 1. The maximum Gasteiger partial charge on any atom is 0.277 e. The van der Waals surface area contributed by atoms with E-state index >= 15 is 0 Å². The molecule has 6 nitrogen and oxygen atoms in total. The Morgan fingerprint density at radius 1 is 1.06 bits per heavy atom. The maximum atomic E-state index is 11.9. The number of benzene rings is 3. The van der Waals surface area contributed by atoms with Crippen LogP contribution in [0.25, 0.3) is 0 Å². The molecule has 3 rings (SSSR count). The molecular formula is C23H20BrClN2O4. The highest BCUT2D eigenvalue weighted by atomic mass is 79.9. The van der Waals surface area contributed by atoms with Gasteiger partial charge in [-0.1, -0.05) is 54.1 Å². The average molecular weight is 504 g/mol. The standard InChI is InChI=1S/C23H20BrClN2O4/c1-29-21-12-17(11-18(24)23(21)31-14-16-7-3-2-4-8-16)13-26-27-22(28)15-30-20-10-6-5-9-19(20)25/h2-13H,14-15H2,1H3,(H,27,28)/b26-13+. The molecule has 0 aliphatic rings. The van der Waals surface area contributed by atoms with Crippen molar-refractivity contribution >= 4 is 39.7 Å². The monoisotopic (exact) mass is 502 g/mol. The predicted octanol–water partition coefficient (Wildman–Crippen LogP) is 5.22. The van der Waals surface area contributed by atoms with Crippen molar-refractivity contribution in [2.24, 2.45) is 5.10 Å². The lowest BCUT2D eigenvalue weighted by Crippen LogP contribution is -2.24. The van der Waals surface area contributed by atoms with Crippen LogP contribution < -0.4 is 19.6 Å². The molecule has 0 saturated heterocycles. The second-order valence-electron chi connectivity index (χ2n) is 6.32. The normalized spacial score (nSPS) is 10.7. The van der Waals surface area contributed by atoms with Gasteiger partial charge in [-0.25, -0.2) is 5.43 Å². The summed E-state index contributed by atoms with van der Waals surface area (Å²) in [6, 6.07) is 20.3. The van der Waals surface area contributed by atoms with E-state index in [0.717, 1.165) is 5.56 Å². The van der Waals surface area contributed by atoms with E-state index in [2.05, 4.69) is 26.5 Å². The van der Waals surface area contributed by atoms with E-state index < -0.39 is 5.91 Å². The molecule has 0 heterocycles. The van der Waals surface area contributed by atoms with Gasteiger partial charge in [0.15, 0.2) is 18.1 Å². The van der Waals surface area contributed by atoms with Gasteiger partial charge in [0.2, 0.25) is 0 Å². The minimum absolute atomic E-state index is 0.208. The SMILES string of the molecule is COc1cc(/C=N/NC(=O)COc2ccccc2Cl)cc(Br)c1OCc1ccccc1. The fourth-order valence-electron chi connectivity index (χ4n) is 2.60. The molecule has 0 fully saturated rings. The first-order valence-corrected chi connectivity index (χ1v) is 10.5. The Bertz CT molecular complexity index is 1060. The van der Waals surface area contributed by atoms with E-state index in [1.54, 1.807) is 37.4 Å². The first kappa shape index (κ1) is 22.7. The van der Waals surface area contributed by atoms with E-state index in [4.69, 9.17) is 25.8 Å². The van der Waals surface area contributed by atoms with Crippen LogP contribution in [-0.2, 0) is 11.4 Å². The Labute approximate surface area is 193 Å². The number of para-hydroxylation sites is 1. The van der Waals surface area contributed by atoms with Crippen molar-refractivity contribution in [1.29, 1.82) is 0 Å². The number of hydrogen-bond donors (Lipinski definition) is 1. The molecule has 0 aliphatic heterocycles. The van der Waals surface area contributed by atoms with Crippen LogP contribution in [0.15, 0.2) is 76.3 Å². The molecule has 1 amide bonds. The van der Waals surface area contributed by atoms with Crippen LogP contribution in [0.2, 0.25) is 5.02 Å². The van der Waals surface area contributed by atoms with Crippen LogP contribution in [0.3, 0.4) is 0 Å². The van der Waals surface area contributed by atoms with Crippen LogP contribution in [0.5, 0.6) is 17.2 Å². The third kappa shape index (κ3) is 6.73. The highest BCUT2D eigenvalue weighted by Crippen LogP contribution is 2.36. The van der Waals surface area contributed by atoms with Gasteiger partial charge in [0.05, 0.1) is 22.8 Å². The highest BCUT2D eigenvalue weighted by Gasteiger charge is 2.12. The quantitative estimate of drug-likeness (QED) is 0.321. The van der Waals surface area contributed by atoms with E-state index in [1.807, 2.05) is 36.4 Å². The molecule has 1 N–H and O–H groups in total. The zero-order valence-corrected chi connectivity index (χ0v) is 19.0. The van der Waals surface area contributed by atoms with Gasteiger partial charge < -0.3 is 14.2 Å². The van der Waals surface area contributed by atoms with Crippen molar-refractivity contribution in [3.05, 3.63) is 87.4 Å². The molecule has 0 bridgehead atoms. The third-order valence-corrected chi connectivity index (χ3v) is 4.98. The first-order chi connectivity index (χ1) is 15.1. The number of hydrazone groups is 1. The van der Waals surface area contributed by atoms with E-state index in [-0.39, 0.29) is 6.61 Å².